The van der Waals surface area contributed by atoms with Gasteiger partial charge in [0.15, 0.2) is 0 Å². The van der Waals surface area contributed by atoms with Gasteiger partial charge in [-0.05, 0) is 66.7 Å². The van der Waals surface area contributed by atoms with Gasteiger partial charge in [-0.25, -0.2) is 14.8 Å². The fourth-order valence-corrected chi connectivity index (χ4v) is 6.16. The highest BCUT2D eigenvalue weighted by Gasteiger charge is 2.27. The number of hydrogen-bond donors (Lipinski definition) is 1. The summed E-state index contributed by atoms with van der Waals surface area (Å²) in [5.41, 5.74) is 8.71. The molecule has 6 rings (SSSR count). The molecule has 0 saturated carbocycles. The van der Waals surface area contributed by atoms with Gasteiger partial charge in [-0.3, -0.25) is 0 Å². The number of piperazine rings is 1. The number of nitrogens with zero attached hydrogens (tertiary/aromatic N) is 4. The Labute approximate surface area is 248 Å². The van der Waals surface area contributed by atoms with Crippen molar-refractivity contribution >= 4 is 11.9 Å². The van der Waals surface area contributed by atoms with E-state index < -0.39 is 0 Å². The number of rotatable bonds is 9. The molecule has 2 heterocycles. The Hall–Kier alpha value is -4.07. The number of nitrogens with one attached hydrogen (secondary N) is 1. The molecular weight excluding hydrogens is 522 g/mol. The summed E-state index contributed by atoms with van der Waals surface area (Å²) in [4.78, 5) is 26.8. The van der Waals surface area contributed by atoms with E-state index in [4.69, 9.17) is 14.7 Å². The quantitative estimate of drug-likeness (QED) is 0.221. The number of carbonyl (C=O) groups excluding carboxylic acids is 1. The average Bonchev–Trinajstić information content (AvgIpc) is 3.04. The lowest BCUT2D eigenvalue weighted by Crippen LogP contribution is -2.44. The molecule has 2 aliphatic rings. The number of anilines is 1. The highest BCUT2D eigenvalue weighted by Crippen LogP contribution is 2.42. The second kappa shape index (κ2) is 12.8. The van der Waals surface area contributed by atoms with E-state index >= 15 is 0 Å². The van der Waals surface area contributed by atoms with Gasteiger partial charge >= 0.3 is 5.97 Å². The number of methoxy groups -OCH3 is 1. The number of esters is 1. The third-order valence-electron chi connectivity index (χ3n) is 8.61. The maximum Gasteiger partial charge on any atom is 0.338 e. The van der Waals surface area contributed by atoms with Crippen LogP contribution in [0.3, 0.4) is 0 Å². The van der Waals surface area contributed by atoms with Gasteiger partial charge in [0.1, 0.15) is 0 Å². The van der Waals surface area contributed by atoms with Crippen molar-refractivity contribution in [3.63, 3.8) is 0 Å². The number of likely N-dealkylation sites (N-methyl/N-ethyl adjacent to an activating group) is 1. The smallest absolute Gasteiger partial charge is 0.338 e. The van der Waals surface area contributed by atoms with E-state index in [9.17, 15) is 4.79 Å². The first-order valence-corrected chi connectivity index (χ1v) is 14.9. The van der Waals surface area contributed by atoms with Gasteiger partial charge in [0.25, 0.3) is 0 Å². The molecule has 1 fully saturated rings. The standard InChI is InChI=1S/C35H39N5O2/c1-39-18-20-40(21-19-39)17-7-16-36-35-37-24-28-23-32(30-10-5-6-11-31(30)33(28)38-35)26-14-12-25(13-15-26)22-27-8-3-4-9-29(27)34(41)42-2/h3-6,8-15,24,32H,7,16-23H2,1-2H3,(H,36,37,38). The monoisotopic (exact) mass is 561 g/mol. The molecule has 1 unspecified atom stereocenters. The third kappa shape index (κ3) is 6.22. The molecule has 4 aromatic rings. The van der Waals surface area contributed by atoms with E-state index in [0.29, 0.717) is 17.9 Å². The van der Waals surface area contributed by atoms with Crippen LogP contribution in [0.5, 0.6) is 0 Å². The molecule has 7 nitrogen and oxygen atoms in total. The van der Waals surface area contributed by atoms with Crippen LogP contribution in [0.2, 0.25) is 0 Å². The Morgan fingerprint density at radius 1 is 0.976 bits per heavy atom. The van der Waals surface area contributed by atoms with Gasteiger partial charge in [0, 0.05) is 50.4 Å². The minimum Gasteiger partial charge on any atom is -0.465 e. The summed E-state index contributed by atoms with van der Waals surface area (Å²) in [6.45, 7) is 6.57. The predicted molar refractivity (Wildman–Crippen MR) is 167 cm³/mol. The Kier molecular flexibility index (Phi) is 8.58. The number of hydrogen-bond acceptors (Lipinski definition) is 7. The molecule has 1 aromatic heterocycles. The molecule has 1 aliphatic heterocycles. The zero-order valence-corrected chi connectivity index (χ0v) is 24.6. The van der Waals surface area contributed by atoms with Crippen molar-refractivity contribution in [2.75, 3.05) is 58.7 Å². The van der Waals surface area contributed by atoms with Crippen LogP contribution in [0.1, 0.15) is 50.5 Å². The van der Waals surface area contributed by atoms with Gasteiger partial charge in [-0.1, -0.05) is 66.7 Å². The molecule has 1 saturated heterocycles. The molecule has 0 spiro atoms. The van der Waals surface area contributed by atoms with Gasteiger partial charge in [-0.15, -0.1) is 0 Å². The summed E-state index contributed by atoms with van der Waals surface area (Å²) in [7, 11) is 3.62. The van der Waals surface area contributed by atoms with Crippen molar-refractivity contribution in [1.82, 2.24) is 19.8 Å². The molecule has 1 N–H and O–H groups in total. The summed E-state index contributed by atoms with van der Waals surface area (Å²) < 4.78 is 4.98. The number of ether oxygens (including phenoxy) is 1. The van der Waals surface area contributed by atoms with Gasteiger partial charge in [0.2, 0.25) is 5.95 Å². The summed E-state index contributed by atoms with van der Waals surface area (Å²) in [5, 5.41) is 3.47. The molecule has 1 atom stereocenters. The Bertz CT molecular complexity index is 1530. The summed E-state index contributed by atoms with van der Waals surface area (Å²) in [5.74, 6) is 0.638. The van der Waals surface area contributed by atoms with Crippen molar-refractivity contribution in [1.29, 1.82) is 0 Å². The van der Waals surface area contributed by atoms with Crippen LogP contribution in [-0.2, 0) is 17.6 Å². The van der Waals surface area contributed by atoms with Crippen LogP contribution in [0.15, 0.2) is 79.0 Å². The second-order valence-corrected chi connectivity index (χ2v) is 11.4. The van der Waals surface area contributed by atoms with Crippen LogP contribution in [0.4, 0.5) is 5.95 Å². The molecule has 7 heteroatoms. The number of benzene rings is 3. The molecule has 0 bridgehead atoms. The minimum absolute atomic E-state index is 0.233. The minimum atomic E-state index is -0.300. The third-order valence-corrected chi connectivity index (χ3v) is 8.61. The lowest BCUT2D eigenvalue weighted by molar-refractivity contribution is 0.0599. The maximum absolute atomic E-state index is 12.2. The molecule has 216 valence electrons. The van der Waals surface area contributed by atoms with Crippen molar-refractivity contribution < 1.29 is 9.53 Å². The normalized spacial score (nSPS) is 16.9. The maximum atomic E-state index is 12.2. The van der Waals surface area contributed by atoms with Gasteiger partial charge in [0.05, 0.1) is 18.4 Å². The number of aromatic nitrogens is 2. The number of carbonyl (C=O) groups is 1. The first kappa shape index (κ1) is 28.1. The van der Waals surface area contributed by atoms with E-state index in [-0.39, 0.29) is 11.9 Å². The van der Waals surface area contributed by atoms with Crippen molar-refractivity contribution in [2.24, 2.45) is 0 Å². The Morgan fingerprint density at radius 2 is 1.74 bits per heavy atom. The molecule has 1 aliphatic carbocycles. The van der Waals surface area contributed by atoms with Crippen LogP contribution >= 0.6 is 0 Å². The van der Waals surface area contributed by atoms with E-state index in [2.05, 4.69) is 70.7 Å². The summed E-state index contributed by atoms with van der Waals surface area (Å²) in [6, 6.07) is 25.1. The van der Waals surface area contributed by atoms with E-state index in [1.165, 1.54) is 29.4 Å². The first-order valence-electron chi connectivity index (χ1n) is 14.9. The lowest BCUT2D eigenvalue weighted by atomic mass is 9.77. The van der Waals surface area contributed by atoms with Gasteiger partial charge < -0.3 is 19.9 Å². The van der Waals surface area contributed by atoms with E-state index in [1.54, 1.807) is 0 Å². The van der Waals surface area contributed by atoms with Crippen LogP contribution in [0.25, 0.3) is 11.3 Å². The second-order valence-electron chi connectivity index (χ2n) is 11.4. The predicted octanol–water partition coefficient (Wildman–Crippen LogP) is 5.26. The average molecular weight is 562 g/mol. The van der Waals surface area contributed by atoms with Crippen molar-refractivity contribution in [2.45, 2.75) is 25.2 Å². The zero-order chi connectivity index (χ0) is 28.9. The topological polar surface area (TPSA) is 70.6 Å². The van der Waals surface area contributed by atoms with Crippen molar-refractivity contribution in [3.05, 3.63) is 112 Å². The van der Waals surface area contributed by atoms with E-state index in [0.717, 1.165) is 68.9 Å². The van der Waals surface area contributed by atoms with Crippen molar-refractivity contribution in [3.8, 4) is 11.3 Å². The Morgan fingerprint density at radius 3 is 2.55 bits per heavy atom. The highest BCUT2D eigenvalue weighted by molar-refractivity contribution is 5.91. The molecule has 42 heavy (non-hydrogen) atoms. The largest absolute Gasteiger partial charge is 0.465 e. The fourth-order valence-electron chi connectivity index (χ4n) is 6.16. The zero-order valence-electron chi connectivity index (χ0n) is 24.6. The van der Waals surface area contributed by atoms with Crippen LogP contribution < -0.4 is 5.32 Å². The van der Waals surface area contributed by atoms with Crippen LogP contribution in [0, 0.1) is 0 Å². The Balaban J connectivity index is 1.14. The number of fused-ring (bicyclic) bond motifs is 3. The molecular formula is C35H39N5O2. The molecule has 3 aromatic carbocycles. The fraction of sp³-hybridized carbons (Fsp3) is 0.343. The SMILES string of the molecule is COC(=O)c1ccccc1Cc1ccc(C2Cc3cnc(NCCCN4CCN(C)CC4)nc3-c3ccccc32)cc1. The highest BCUT2D eigenvalue weighted by atomic mass is 16.5. The van der Waals surface area contributed by atoms with E-state index in [1.807, 2.05) is 30.5 Å². The summed E-state index contributed by atoms with van der Waals surface area (Å²) in [6.07, 6.45) is 4.62. The lowest BCUT2D eigenvalue weighted by Gasteiger charge is -2.32. The summed E-state index contributed by atoms with van der Waals surface area (Å²) >= 11 is 0. The molecule has 0 amide bonds. The van der Waals surface area contributed by atoms with Crippen LogP contribution in [-0.4, -0.2) is 79.2 Å². The van der Waals surface area contributed by atoms with Gasteiger partial charge in [-0.2, -0.15) is 0 Å². The molecule has 0 radical (unpaired) electrons. The first-order chi connectivity index (χ1) is 20.6.